The van der Waals surface area contributed by atoms with E-state index in [4.69, 9.17) is 17.0 Å². The van der Waals surface area contributed by atoms with Crippen LogP contribution in [0.2, 0.25) is 0 Å². The monoisotopic (exact) mass is 466 g/mol. The highest BCUT2D eigenvalue weighted by Gasteiger charge is 2.12. The van der Waals surface area contributed by atoms with Gasteiger partial charge in [-0.05, 0) is 68.0 Å². The van der Waals surface area contributed by atoms with Crippen molar-refractivity contribution in [1.29, 1.82) is 0 Å². The fourth-order valence-corrected chi connectivity index (χ4v) is 4.03. The Morgan fingerprint density at radius 2 is 2.00 bits per heavy atom. The number of anilines is 1. The summed E-state index contributed by atoms with van der Waals surface area (Å²) in [5.74, 6) is 1.12. The summed E-state index contributed by atoms with van der Waals surface area (Å²) in [4.78, 5) is 13.3. The molecule has 0 aliphatic heterocycles. The molecule has 0 spiro atoms. The predicted molar refractivity (Wildman–Crippen MR) is 129 cm³/mol. The molecular weight excluding hydrogens is 444 g/mol. The number of rotatable bonds is 7. The van der Waals surface area contributed by atoms with Gasteiger partial charge in [0.15, 0.2) is 10.9 Å². The van der Waals surface area contributed by atoms with E-state index >= 15 is 0 Å². The van der Waals surface area contributed by atoms with Crippen molar-refractivity contribution in [1.82, 2.24) is 25.1 Å². The molecule has 2 heterocycles. The third-order valence-corrected chi connectivity index (χ3v) is 5.78. The van der Waals surface area contributed by atoms with Gasteiger partial charge in [0.05, 0.1) is 6.61 Å². The number of ether oxygens (including phenoxy) is 1. The van der Waals surface area contributed by atoms with Gasteiger partial charge in [-0.15, -0.1) is 10.2 Å². The molecule has 32 heavy (non-hydrogen) atoms. The van der Waals surface area contributed by atoms with Gasteiger partial charge in [-0.2, -0.15) is 9.61 Å². The van der Waals surface area contributed by atoms with Gasteiger partial charge >= 0.3 is 0 Å². The van der Waals surface area contributed by atoms with E-state index in [0.29, 0.717) is 17.9 Å². The van der Waals surface area contributed by atoms with Crippen LogP contribution in [-0.4, -0.2) is 37.4 Å². The van der Waals surface area contributed by atoms with Gasteiger partial charge in [0.1, 0.15) is 10.8 Å². The van der Waals surface area contributed by atoms with E-state index in [2.05, 4.69) is 32.9 Å². The summed E-state index contributed by atoms with van der Waals surface area (Å²) in [7, 11) is 0. The summed E-state index contributed by atoms with van der Waals surface area (Å²) >= 11 is 6.77. The summed E-state index contributed by atoms with van der Waals surface area (Å²) in [6.45, 7) is 4.59. The number of unbranched alkanes of at least 4 members (excludes halogenated alkanes) is 1. The molecule has 0 bridgehead atoms. The van der Waals surface area contributed by atoms with Gasteiger partial charge in [0.2, 0.25) is 4.96 Å². The molecule has 10 heteroatoms. The topological polar surface area (TPSA) is 93.4 Å². The Balaban J connectivity index is 1.35. The van der Waals surface area contributed by atoms with Crippen molar-refractivity contribution < 1.29 is 9.53 Å². The van der Waals surface area contributed by atoms with Crippen molar-refractivity contribution in [3.63, 3.8) is 0 Å². The lowest BCUT2D eigenvalue weighted by molar-refractivity contribution is 0.0977. The van der Waals surface area contributed by atoms with Crippen molar-refractivity contribution in [2.45, 2.75) is 26.7 Å². The van der Waals surface area contributed by atoms with E-state index in [1.165, 1.54) is 11.3 Å². The van der Waals surface area contributed by atoms with Crippen molar-refractivity contribution in [2.24, 2.45) is 0 Å². The molecule has 2 N–H and O–H groups in total. The van der Waals surface area contributed by atoms with Crippen LogP contribution in [-0.2, 0) is 0 Å². The lowest BCUT2D eigenvalue weighted by Gasteiger charge is -2.11. The second-order valence-electron chi connectivity index (χ2n) is 7.06. The molecule has 4 rings (SSSR count). The van der Waals surface area contributed by atoms with Gasteiger partial charge < -0.3 is 10.1 Å². The fraction of sp³-hybridized carbons (Fsp3) is 0.227. The highest BCUT2D eigenvalue weighted by atomic mass is 32.1. The third kappa shape index (κ3) is 5.09. The number of fused-ring (bicyclic) bond motifs is 1. The predicted octanol–water partition coefficient (Wildman–Crippen LogP) is 4.47. The number of thiocarbonyl (C=S) groups is 1. The largest absolute Gasteiger partial charge is 0.494 e. The summed E-state index contributed by atoms with van der Waals surface area (Å²) in [6, 6.07) is 14.7. The highest BCUT2D eigenvalue weighted by Crippen LogP contribution is 2.26. The van der Waals surface area contributed by atoms with Crippen LogP contribution in [0.5, 0.6) is 5.75 Å². The Morgan fingerprint density at radius 3 is 2.75 bits per heavy atom. The average molecular weight is 467 g/mol. The molecule has 0 radical (unpaired) electrons. The molecule has 0 saturated carbocycles. The maximum absolute atomic E-state index is 12.5. The zero-order valence-electron chi connectivity index (χ0n) is 17.7. The Hall–Kier alpha value is -3.37. The Kier molecular flexibility index (Phi) is 6.72. The van der Waals surface area contributed by atoms with Crippen LogP contribution in [0.15, 0.2) is 48.5 Å². The van der Waals surface area contributed by atoms with E-state index in [0.717, 1.165) is 39.9 Å². The third-order valence-electron chi connectivity index (χ3n) is 4.63. The van der Waals surface area contributed by atoms with Crippen molar-refractivity contribution >= 4 is 45.2 Å². The first kappa shape index (κ1) is 21.8. The molecule has 0 unspecified atom stereocenters. The molecule has 0 fully saturated rings. The molecule has 4 aromatic rings. The smallest absolute Gasteiger partial charge is 0.257 e. The lowest BCUT2D eigenvalue weighted by atomic mass is 10.2. The van der Waals surface area contributed by atoms with E-state index in [-0.39, 0.29) is 11.0 Å². The first-order chi connectivity index (χ1) is 15.5. The van der Waals surface area contributed by atoms with Crippen LogP contribution in [0.1, 0.15) is 35.9 Å². The quantitative estimate of drug-likeness (QED) is 0.307. The zero-order valence-corrected chi connectivity index (χ0v) is 19.3. The molecule has 0 aliphatic carbocycles. The fourth-order valence-electron chi connectivity index (χ4n) is 2.93. The Morgan fingerprint density at radius 1 is 1.19 bits per heavy atom. The molecule has 0 aliphatic rings. The number of hydrogen-bond donors (Lipinski definition) is 2. The number of nitrogens with one attached hydrogen (secondary N) is 2. The molecule has 0 saturated heterocycles. The Labute approximate surface area is 194 Å². The van der Waals surface area contributed by atoms with Crippen LogP contribution in [0.25, 0.3) is 15.5 Å². The second kappa shape index (κ2) is 9.84. The van der Waals surface area contributed by atoms with Gasteiger partial charge in [-0.25, -0.2) is 0 Å². The molecule has 0 atom stereocenters. The normalized spacial score (nSPS) is 10.8. The standard InChI is InChI=1S/C22H22N6O2S2/c1-3-4-12-30-18-7-5-6-16(13-18)19(29)24-21(31)23-17-10-8-15(9-11-17)20-27-28-14(2)25-26-22(28)32-20/h5-11,13H,3-4,12H2,1-2H3,(H2,23,24,29,31). The number of carbonyl (C=O) groups excluding carboxylic acids is 1. The number of nitrogens with zero attached hydrogens (tertiary/aromatic N) is 4. The van der Waals surface area contributed by atoms with Crippen LogP contribution < -0.4 is 15.4 Å². The number of benzene rings is 2. The first-order valence-electron chi connectivity index (χ1n) is 10.2. The van der Waals surface area contributed by atoms with E-state index in [1.807, 2.05) is 37.3 Å². The molecule has 8 nitrogen and oxygen atoms in total. The van der Waals surface area contributed by atoms with Gasteiger partial charge in [0.25, 0.3) is 5.91 Å². The van der Waals surface area contributed by atoms with E-state index in [1.54, 1.807) is 22.7 Å². The summed E-state index contributed by atoms with van der Waals surface area (Å²) in [6.07, 6.45) is 2.02. The Bertz CT molecular complexity index is 1250. The molecule has 1 amide bonds. The first-order valence-corrected chi connectivity index (χ1v) is 11.4. The zero-order chi connectivity index (χ0) is 22.5. The van der Waals surface area contributed by atoms with E-state index < -0.39 is 0 Å². The van der Waals surface area contributed by atoms with Gasteiger partial charge in [-0.3, -0.25) is 10.1 Å². The molecular formula is C22H22N6O2S2. The minimum atomic E-state index is -0.296. The molecule has 2 aromatic carbocycles. The summed E-state index contributed by atoms with van der Waals surface area (Å²) in [5.41, 5.74) is 2.20. The van der Waals surface area contributed by atoms with Gasteiger partial charge in [0, 0.05) is 16.8 Å². The van der Waals surface area contributed by atoms with Crippen LogP contribution in [0, 0.1) is 6.92 Å². The minimum absolute atomic E-state index is 0.217. The van der Waals surface area contributed by atoms with Crippen LogP contribution >= 0.6 is 23.6 Å². The number of aryl methyl sites for hydroxylation is 1. The van der Waals surface area contributed by atoms with E-state index in [9.17, 15) is 4.79 Å². The number of aromatic nitrogens is 4. The maximum Gasteiger partial charge on any atom is 0.257 e. The summed E-state index contributed by atoms with van der Waals surface area (Å²) in [5, 5.41) is 19.4. The van der Waals surface area contributed by atoms with Crippen LogP contribution in [0.4, 0.5) is 5.69 Å². The van der Waals surface area contributed by atoms with Crippen molar-refractivity contribution in [2.75, 3.05) is 11.9 Å². The van der Waals surface area contributed by atoms with Crippen molar-refractivity contribution in [3.05, 3.63) is 59.9 Å². The summed E-state index contributed by atoms with van der Waals surface area (Å²) < 4.78 is 7.39. The van der Waals surface area contributed by atoms with Crippen LogP contribution in [0.3, 0.4) is 0 Å². The average Bonchev–Trinajstić information content (AvgIpc) is 3.37. The number of amides is 1. The molecule has 2 aromatic heterocycles. The van der Waals surface area contributed by atoms with Crippen molar-refractivity contribution in [3.8, 4) is 16.3 Å². The maximum atomic E-state index is 12.5. The SMILES string of the molecule is CCCCOc1cccc(C(=O)NC(=S)Nc2ccc(-c3nn4c(C)nnc4s3)cc2)c1. The lowest BCUT2D eigenvalue weighted by Crippen LogP contribution is -2.34. The molecule has 164 valence electrons. The second-order valence-corrected chi connectivity index (χ2v) is 8.43. The minimum Gasteiger partial charge on any atom is -0.494 e. The number of carbonyl (C=O) groups is 1. The number of hydrogen-bond acceptors (Lipinski definition) is 7. The van der Waals surface area contributed by atoms with Gasteiger partial charge in [-0.1, -0.05) is 30.7 Å². The highest BCUT2D eigenvalue weighted by molar-refractivity contribution is 7.80.